The quantitative estimate of drug-likeness (QED) is 0.262. The molecule has 2 saturated carbocycles. The van der Waals surface area contributed by atoms with Gasteiger partial charge in [-0.15, -0.1) is 0 Å². The van der Waals surface area contributed by atoms with Crippen LogP contribution in [0, 0.1) is 17.8 Å². The summed E-state index contributed by atoms with van der Waals surface area (Å²) < 4.78 is 12.4. The molecule has 4 rings (SSSR count). The Hall–Kier alpha value is -2.82. The average Bonchev–Trinajstić information content (AvgIpc) is 2.72. The van der Waals surface area contributed by atoms with Crippen LogP contribution in [0.3, 0.4) is 0 Å². The van der Waals surface area contributed by atoms with Crippen molar-refractivity contribution in [3.63, 3.8) is 0 Å². The molecule has 0 aromatic heterocycles. The zero-order valence-corrected chi connectivity index (χ0v) is 17.2. The minimum atomic E-state index is -2.59. The number of carbonyl (C=O) groups is 3. The minimum Gasteiger partial charge on any atom is -0.507 e. The summed E-state index contributed by atoms with van der Waals surface area (Å²) in [7, 11) is 0. The van der Waals surface area contributed by atoms with Crippen LogP contribution in [0.25, 0.3) is 5.76 Å². The molecule has 5 atom stereocenters. The van der Waals surface area contributed by atoms with E-state index in [4.69, 9.17) is 5.73 Å². The number of carbonyl (C=O) groups excluding carboxylic acids is 3. The maximum atomic E-state index is 13.4. The van der Waals surface area contributed by atoms with E-state index < -0.39 is 59.4 Å². The number of rotatable bonds is 5. The molecule has 0 spiro atoms. The number of halogens is 1. The first-order chi connectivity index (χ1) is 15.1. The number of ketones is 2. The summed E-state index contributed by atoms with van der Waals surface area (Å²) in [5.74, 6) is -7.36. The monoisotopic (exact) mass is 448 g/mol. The number of primary amides is 1. The first kappa shape index (κ1) is 22.4. The van der Waals surface area contributed by atoms with Gasteiger partial charge in [-0.25, -0.2) is 4.39 Å². The third-order valence-electron chi connectivity index (χ3n) is 6.93. The second-order valence-corrected chi connectivity index (χ2v) is 8.71. The number of amides is 1. The molecule has 1 amide bonds. The Morgan fingerprint density at radius 3 is 2.62 bits per heavy atom. The third kappa shape index (κ3) is 3.13. The van der Waals surface area contributed by atoms with E-state index in [1.807, 2.05) is 0 Å². The maximum Gasteiger partial charge on any atom is 0.230 e. The van der Waals surface area contributed by atoms with Crippen LogP contribution in [-0.2, 0) is 27.3 Å². The van der Waals surface area contributed by atoms with E-state index in [-0.39, 0.29) is 49.2 Å². The van der Waals surface area contributed by atoms with Gasteiger partial charge in [0, 0.05) is 30.1 Å². The number of benzene rings is 1. The normalized spacial score (nSPS) is 31.7. The van der Waals surface area contributed by atoms with Gasteiger partial charge in [0.05, 0.1) is 11.7 Å². The van der Waals surface area contributed by atoms with Crippen molar-refractivity contribution in [2.75, 3.05) is 13.2 Å². The molecule has 2 unspecified atom stereocenters. The molecule has 3 aliphatic carbocycles. The van der Waals surface area contributed by atoms with Gasteiger partial charge in [-0.3, -0.25) is 14.4 Å². The number of aliphatic hydroxyl groups excluding tert-OH is 2. The minimum absolute atomic E-state index is 0.0287. The summed E-state index contributed by atoms with van der Waals surface area (Å²) in [4.78, 5) is 38.0. The highest BCUT2D eigenvalue weighted by atomic mass is 19.1. The Morgan fingerprint density at radius 2 is 1.97 bits per heavy atom. The Bertz CT molecular complexity index is 1040. The van der Waals surface area contributed by atoms with Gasteiger partial charge < -0.3 is 31.5 Å². The molecule has 0 saturated heterocycles. The molecule has 7 N–H and O–H groups in total. The number of fused-ring (bicyclic) bond motifs is 3. The molecule has 10 heteroatoms. The highest BCUT2D eigenvalue weighted by Crippen LogP contribution is 2.51. The van der Waals surface area contributed by atoms with Gasteiger partial charge in [0.1, 0.15) is 24.1 Å². The number of alkyl halides is 1. The van der Waals surface area contributed by atoms with Gasteiger partial charge in [-0.05, 0) is 30.7 Å². The van der Waals surface area contributed by atoms with Gasteiger partial charge in [0.2, 0.25) is 11.7 Å². The first-order valence-corrected chi connectivity index (χ1v) is 10.5. The molecule has 0 bridgehead atoms. The second-order valence-electron chi connectivity index (χ2n) is 8.71. The average molecular weight is 448 g/mol. The second kappa shape index (κ2) is 7.95. The van der Waals surface area contributed by atoms with E-state index in [0.29, 0.717) is 11.1 Å². The lowest BCUT2D eigenvalue weighted by atomic mass is 9.56. The first-order valence-electron chi connectivity index (χ1n) is 10.5. The van der Waals surface area contributed by atoms with Gasteiger partial charge in [0.15, 0.2) is 11.4 Å². The van der Waals surface area contributed by atoms with E-state index in [2.05, 4.69) is 5.32 Å². The summed E-state index contributed by atoms with van der Waals surface area (Å²) in [6.07, 6.45) is -1.18. The Balaban J connectivity index is 1.78. The number of aliphatic hydroxyl groups is 3. The van der Waals surface area contributed by atoms with E-state index in [0.717, 1.165) is 0 Å². The van der Waals surface area contributed by atoms with Gasteiger partial charge in [-0.2, -0.15) is 0 Å². The number of nitrogens with two attached hydrogens (primary N) is 1. The molecular weight excluding hydrogens is 423 g/mol. The predicted molar refractivity (Wildman–Crippen MR) is 109 cm³/mol. The maximum absolute atomic E-state index is 13.4. The fourth-order valence-corrected chi connectivity index (χ4v) is 5.38. The van der Waals surface area contributed by atoms with E-state index >= 15 is 0 Å². The Labute approximate surface area is 182 Å². The van der Waals surface area contributed by atoms with Crippen molar-refractivity contribution in [3.8, 4) is 5.75 Å². The molecule has 9 nitrogen and oxygen atoms in total. The van der Waals surface area contributed by atoms with Crippen molar-refractivity contribution < 1.29 is 39.2 Å². The summed E-state index contributed by atoms with van der Waals surface area (Å²) in [6, 6.07) is 3.34. The van der Waals surface area contributed by atoms with Crippen LogP contribution < -0.4 is 11.1 Å². The highest BCUT2D eigenvalue weighted by Gasteiger charge is 2.63. The summed E-state index contributed by atoms with van der Waals surface area (Å²) >= 11 is 0. The van der Waals surface area contributed by atoms with Crippen LogP contribution in [0.5, 0.6) is 5.75 Å². The lowest BCUT2D eigenvalue weighted by Gasteiger charge is -2.48. The number of aromatic hydroxyl groups is 1. The van der Waals surface area contributed by atoms with Gasteiger partial charge in [-0.1, -0.05) is 12.1 Å². The standard InChI is InChI=1S/C22H25FN2O7/c23-3-4-25-8-10-2-1-9-5-11-6-12-7-13(26)16(21(24)31)20(30)22(12,32)19(29)15(11)18(28)14(9)17(10)27/h1-2,11-13,16,25-28,32H,3-8H2,(H2,24,31)/t11-,12-,13?,16?,22-/m0/s1. The van der Waals surface area contributed by atoms with E-state index in [9.17, 15) is 39.2 Å². The van der Waals surface area contributed by atoms with Gasteiger partial charge >= 0.3 is 0 Å². The van der Waals surface area contributed by atoms with Crippen molar-refractivity contribution >= 4 is 23.2 Å². The zero-order valence-electron chi connectivity index (χ0n) is 17.2. The molecule has 1 aromatic carbocycles. The van der Waals surface area contributed by atoms with Crippen LogP contribution in [0.15, 0.2) is 17.7 Å². The largest absolute Gasteiger partial charge is 0.507 e. The molecule has 1 aromatic rings. The van der Waals surface area contributed by atoms with Crippen molar-refractivity contribution in [3.05, 3.63) is 34.4 Å². The number of nitrogens with one attached hydrogen (secondary N) is 1. The van der Waals surface area contributed by atoms with Gasteiger partial charge in [0.25, 0.3) is 0 Å². The lowest BCUT2D eigenvalue weighted by Crippen LogP contribution is -2.66. The summed E-state index contributed by atoms with van der Waals surface area (Å²) in [5.41, 5.74) is 3.43. The molecule has 0 aliphatic heterocycles. The third-order valence-corrected chi connectivity index (χ3v) is 6.93. The smallest absolute Gasteiger partial charge is 0.230 e. The molecule has 0 heterocycles. The number of Topliss-reactive ketones (excluding diaryl/α,β-unsaturated/α-hetero) is 2. The van der Waals surface area contributed by atoms with E-state index in [1.165, 1.54) is 0 Å². The number of phenolic OH excluding ortho intramolecular Hbond substituents is 1. The van der Waals surface area contributed by atoms with Crippen molar-refractivity contribution in [2.24, 2.45) is 23.5 Å². The number of hydrogen-bond donors (Lipinski definition) is 6. The van der Waals surface area contributed by atoms with Crippen LogP contribution >= 0.6 is 0 Å². The number of hydrogen-bond acceptors (Lipinski definition) is 8. The van der Waals surface area contributed by atoms with E-state index in [1.54, 1.807) is 12.1 Å². The topological polar surface area (TPSA) is 170 Å². The SMILES string of the molecule is NC(=O)C1C(=O)[C@@]2(O)C(=O)C3=C(O)c4c(ccc(CNCCF)c4O)C[C@H]3C[C@H]2CC1O. The van der Waals surface area contributed by atoms with Crippen molar-refractivity contribution in [2.45, 2.75) is 37.5 Å². The molecule has 32 heavy (non-hydrogen) atoms. The molecular formula is C22H25FN2O7. The van der Waals surface area contributed by atoms with Crippen LogP contribution in [0.1, 0.15) is 29.5 Å². The summed E-state index contributed by atoms with van der Waals surface area (Å²) in [6.45, 7) is -0.384. The Morgan fingerprint density at radius 1 is 1.25 bits per heavy atom. The zero-order chi connectivity index (χ0) is 23.4. The fourth-order valence-electron chi connectivity index (χ4n) is 5.38. The lowest BCUT2D eigenvalue weighted by molar-refractivity contribution is -0.174. The van der Waals surface area contributed by atoms with Crippen LogP contribution in [0.4, 0.5) is 4.39 Å². The molecule has 2 fully saturated rings. The van der Waals surface area contributed by atoms with Crippen molar-refractivity contribution in [1.29, 1.82) is 0 Å². The van der Waals surface area contributed by atoms with Crippen LogP contribution in [-0.4, -0.2) is 62.8 Å². The Kier molecular flexibility index (Phi) is 5.56. The molecule has 0 radical (unpaired) electrons. The van der Waals surface area contributed by atoms with Crippen LogP contribution in [0.2, 0.25) is 0 Å². The fraction of sp³-hybridized carbons (Fsp3) is 0.500. The highest BCUT2D eigenvalue weighted by molar-refractivity contribution is 6.24. The molecule has 3 aliphatic rings. The predicted octanol–water partition coefficient (Wildman–Crippen LogP) is -0.352. The van der Waals surface area contributed by atoms with Crippen molar-refractivity contribution in [1.82, 2.24) is 5.32 Å². The molecule has 172 valence electrons. The summed E-state index contributed by atoms with van der Waals surface area (Å²) in [5, 5.41) is 45.9. The number of phenols is 1.